The largest absolute Gasteiger partial charge is 0.394 e. The molecule has 1 aliphatic carbocycles. The third kappa shape index (κ3) is 6.39. The normalized spacial score (nSPS) is 21.1. The molecule has 2 aromatic carbocycles. The Labute approximate surface area is 231 Å². The number of aromatic nitrogens is 1. The molecule has 1 saturated heterocycles. The molecule has 212 valence electrons. The van der Waals surface area contributed by atoms with Crippen molar-refractivity contribution in [3.05, 3.63) is 77.5 Å². The molecule has 1 saturated carbocycles. The number of hydrogen-bond donors (Lipinski definition) is 3. The lowest BCUT2D eigenvalue weighted by Crippen LogP contribution is -2.58. The summed E-state index contributed by atoms with van der Waals surface area (Å²) in [5, 5.41) is 19.7. The van der Waals surface area contributed by atoms with Crippen LogP contribution in [0.3, 0.4) is 0 Å². The molecule has 0 spiro atoms. The first-order chi connectivity index (χ1) is 19.4. The second kappa shape index (κ2) is 12.7. The first kappa shape index (κ1) is 27.9. The number of nitrogens with one attached hydrogen (secondary N) is 2. The molecule has 1 aromatic heterocycles. The molecule has 40 heavy (non-hydrogen) atoms. The molecule has 1 aliphatic heterocycles. The van der Waals surface area contributed by atoms with E-state index in [2.05, 4.69) is 20.7 Å². The van der Waals surface area contributed by atoms with Crippen LogP contribution < -0.4 is 10.6 Å². The first-order valence-corrected chi connectivity index (χ1v) is 13.9. The summed E-state index contributed by atoms with van der Waals surface area (Å²) in [5.41, 5.74) is 0.717. The quantitative estimate of drug-likeness (QED) is 0.386. The van der Waals surface area contributed by atoms with E-state index in [0.29, 0.717) is 19.0 Å². The number of benzene rings is 2. The third-order valence-electron chi connectivity index (χ3n) is 8.03. The maximum absolute atomic E-state index is 14.2. The summed E-state index contributed by atoms with van der Waals surface area (Å²) in [4.78, 5) is 29.2. The molecule has 0 radical (unpaired) electrons. The fourth-order valence-electron chi connectivity index (χ4n) is 5.83. The summed E-state index contributed by atoms with van der Waals surface area (Å²) in [6.45, 7) is 0.971. The van der Waals surface area contributed by atoms with Gasteiger partial charge in [0.05, 0.1) is 24.1 Å². The van der Waals surface area contributed by atoms with Gasteiger partial charge < -0.3 is 20.3 Å². The minimum absolute atomic E-state index is 0.00212. The average Bonchev–Trinajstić information content (AvgIpc) is 3.47. The van der Waals surface area contributed by atoms with Crippen molar-refractivity contribution in [2.75, 3.05) is 19.7 Å². The molecule has 2 heterocycles. The summed E-state index contributed by atoms with van der Waals surface area (Å²) in [6, 6.07) is 13.0. The van der Waals surface area contributed by atoms with Crippen molar-refractivity contribution < 1.29 is 28.0 Å². The summed E-state index contributed by atoms with van der Waals surface area (Å²) in [7, 11) is 0. The van der Waals surface area contributed by atoms with Gasteiger partial charge in [0.2, 0.25) is 5.91 Å². The van der Waals surface area contributed by atoms with Gasteiger partial charge in [0.25, 0.3) is 5.91 Å². The van der Waals surface area contributed by atoms with E-state index in [0.717, 1.165) is 37.1 Å². The van der Waals surface area contributed by atoms with Gasteiger partial charge in [-0.3, -0.25) is 14.5 Å². The molecule has 0 bridgehead atoms. The molecule has 2 fully saturated rings. The number of likely N-dealkylation sites (tertiary alicyclic amines) is 1. The van der Waals surface area contributed by atoms with Crippen molar-refractivity contribution in [1.82, 2.24) is 20.7 Å². The SMILES string of the molecule is O=C(N[C@@H]1CCN(C2CCCCC2)C[C@H]1C(=O)N[C@@H](CO)c1ccccc1)c1cc(-c2ccc(F)cc2F)on1. The van der Waals surface area contributed by atoms with Crippen LogP contribution in [0.1, 0.15) is 60.6 Å². The zero-order valence-corrected chi connectivity index (χ0v) is 22.2. The molecule has 10 heteroatoms. The lowest BCUT2D eigenvalue weighted by molar-refractivity contribution is -0.129. The molecule has 8 nitrogen and oxygen atoms in total. The third-order valence-corrected chi connectivity index (χ3v) is 8.03. The molecule has 3 aromatic rings. The van der Waals surface area contributed by atoms with Crippen LogP contribution in [-0.2, 0) is 4.79 Å². The Morgan fingerprint density at radius 3 is 2.55 bits per heavy atom. The molecule has 2 aliphatic rings. The lowest BCUT2D eigenvalue weighted by Gasteiger charge is -2.43. The van der Waals surface area contributed by atoms with Gasteiger partial charge in [0.1, 0.15) is 11.6 Å². The van der Waals surface area contributed by atoms with Crippen LogP contribution in [-0.4, -0.2) is 58.8 Å². The zero-order valence-electron chi connectivity index (χ0n) is 22.2. The van der Waals surface area contributed by atoms with E-state index in [1.807, 2.05) is 30.3 Å². The van der Waals surface area contributed by atoms with Crippen LogP contribution in [0.25, 0.3) is 11.3 Å². The molecule has 3 N–H and O–H groups in total. The van der Waals surface area contributed by atoms with Gasteiger partial charge in [0.15, 0.2) is 11.5 Å². The van der Waals surface area contributed by atoms with Crippen molar-refractivity contribution >= 4 is 11.8 Å². The number of aliphatic hydroxyl groups excluding tert-OH is 1. The Hall–Kier alpha value is -3.63. The molecular weight excluding hydrogens is 518 g/mol. The maximum atomic E-state index is 14.2. The van der Waals surface area contributed by atoms with Gasteiger partial charge in [0, 0.05) is 37.3 Å². The van der Waals surface area contributed by atoms with Gasteiger partial charge in [-0.25, -0.2) is 8.78 Å². The Bertz CT molecular complexity index is 1310. The van der Waals surface area contributed by atoms with Crippen LogP contribution in [0, 0.1) is 17.6 Å². The highest BCUT2D eigenvalue weighted by Gasteiger charge is 2.39. The topological polar surface area (TPSA) is 108 Å². The van der Waals surface area contributed by atoms with Crippen LogP contribution in [0.15, 0.2) is 59.1 Å². The summed E-state index contributed by atoms with van der Waals surface area (Å²) in [6.07, 6.45) is 6.31. The first-order valence-electron chi connectivity index (χ1n) is 13.9. The van der Waals surface area contributed by atoms with Gasteiger partial charge in [-0.2, -0.15) is 0 Å². The molecule has 2 amide bonds. The van der Waals surface area contributed by atoms with E-state index in [9.17, 15) is 23.5 Å². The number of piperidine rings is 1. The molecular formula is C30H34F2N4O4. The number of aliphatic hydroxyl groups is 1. The predicted octanol–water partition coefficient (Wildman–Crippen LogP) is 4.22. The van der Waals surface area contributed by atoms with E-state index in [1.165, 1.54) is 31.4 Å². The minimum atomic E-state index is -0.827. The predicted molar refractivity (Wildman–Crippen MR) is 144 cm³/mol. The minimum Gasteiger partial charge on any atom is -0.394 e. The van der Waals surface area contributed by atoms with Crippen LogP contribution in [0.2, 0.25) is 0 Å². The van der Waals surface area contributed by atoms with Gasteiger partial charge in [-0.05, 0) is 37.0 Å². The van der Waals surface area contributed by atoms with E-state index in [-0.39, 0.29) is 29.5 Å². The molecule has 3 atom stereocenters. The Morgan fingerprint density at radius 2 is 1.82 bits per heavy atom. The number of carbonyl (C=O) groups is 2. The maximum Gasteiger partial charge on any atom is 0.273 e. The number of amides is 2. The van der Waals surface area contributed by atoms with Crippen LogP contribution in [0.5, 0.6) is 0 Å². The smallest absolute Gasteiger partial charge is 0.273 e. The van der Waals surface area contributed by atoms with Crippen molar-refractivity contribution in [2.45, 2.75) is 56.7 Å². The average molecular weight is 553 g/mol. The van der Waals surface area contributed by atoms with Crippen molar-refractivity contribution in [3.63, 3.8) is 0 Å². The van der Waals surface area contributed by atoms with Crippen molar-refractivity contribution in [1.29, 1.82) is 0 Å². The number of rotatable bonds is 8. The van der Waals surface area contributed by atoms with E-state index in [4.69, 9.17) is 4.52 Å². The standard InChI is InChI=1S/C30H34F2N4O4/c31-20-11-12-22(24(32)15-20)28-16-26(35-40-28)30(39)33-25-13-14-36(21-9-5-2-6-10-21)17-23(25)29(38)34-27(18-37)19-7-3-1-4-8-19/h1,3-4,7-8,11-12,15-16,21,23,25,27,37H,2,5-6,9-10,13-14,17-18H2,(H,33,39)(H,34,38)/t23-,25-,27+/m1/s1. The Kier molecular flexibility index (Phi) is 8.86. The fraction of sp³-hybridized carbons (Fsp3) is 0.433. The van der Waals surface area contributed by atoms with E-state index >= 15 is 0 Å². The fourth-order valence-corrected chi connectivity index (χ4v) is 5.83. The van der Waals surface area contributed by atoms with Crippen LogP contribution >= 0.6 is 0 Å². The number of nitrogens with zero attached hydrogens (tertiary/aromatic N) is 2. The van der Waals surface area contributed by atoms with Crippen molar-refractivity contribution in [2.24, 2.45) is 5.92 Å². The highest BCUT2D eigenvalue weighted by molar-refractivity contribution is 5.94. The molecule has 5 rings (SSSR count). The van der Waals surface area contributed by atoms with Crippen LogP contribution in [0.4, 0.5) is 8.78 Å². The molecule has 0 unspecified atom stereocenters. The number of carbonyl (C=O) groups excluding carboxylic acids is 2. The summed E-state index contributed by atoms with van der Waals surface area (Å²) < 4.78 is 32.7. The Morgan fingerprint density at radius 1 is 1.05 bits per heavy atom. The van der Waals surface area contributed by atoms with Gasteiger partial charge in [-0.15, -0.1) is 0 Å². The highest BCUT2D eigenvalue weighted by atomic mass is 19.1. The second-order valence-electron chi connectivity index (χ2n) is 10.6. The van der Waals surface area contributed by atoms with E-state index in [1.54, 1.807) is 0 Å². The summed E-state index contributed by atoms with van der Waals surface area (Å²) >= 11 is 0. The lowest BCUT2D eigenvalue weighted by atomic mass is 9.86. The van der Waals surface area contributed by atoms with Gasteiger partial charge in [-0.1, -0.05) is 54.8 Å². The number of halogens is 2. The van der Waals surface area contributed by atoms with Crippen molar-refractivity contribution in [3.8, 4) is 11.3 Å². The highest BCUT2D eigenvalue weighted by Crippen LogP contribution is 2.29. The van der Waals surface area contributed by atoms with E-state index < -0.39 is 35.5 Å². The number of hydrogen-bond acceptors (Lipinski definition) is 6. The zero-order chi connectivity index (χ0) is 28.1. The van der Waals surface area contributed by atoms with Gasteiger partial charge >= 0.3 is 0 Å². The Balaban J connectivity index is 1.32. The monoisotopic (exact) mass is 552 g/mol. The second-order valence-corrected chi connectivity index (χ2v) is 10.6. The summed E-state index contributed by atoms with van der Waals surface area (Å²) in [5.74, 6) is -2.91.